The van der Waals surface area contributed by atoms with E-state index in [9.17, 15) is 28.2 Å². The van der Waals surface area contributed by atoms with Crippen molar-refractivity contribution in [2.24, 2.45) is 5.92 Å². The van der Waals surface area contributed by atoms with Crippen LogP contribution in [0.1, 0.15) is 11.1 Å². The predicted molar refractivity (Wildman–Crippen MR) is 139 cm³/mol. The molecule has 0 bridgehead atoms. The molecule has 0 spiro atoms. The maximum absolute atomic E-state index is 14.2. The quantitative estimate of drug-likeness (QED) is 0.445. The van der Waals surface area contributed by atoms with E-state index < -0.39 is 23.0 Å². The highest BCUT2D eigenvalue weighted by Gasteiger charge is 2.37. The van der Waals surface area contributed by atoms with E-state index in [4.69, 9.17) is 9.47 Å². The van der Waals surface area contributed by atoms with E-state index in [2.05, 4.69) is 5.10 Å². The Kier molecular flexibility index (Phi) is 7.17. The molecule has 0 amide bonds. The zero-order chi connectivity index (χ0) is 27.9. The van der Waals surface area contributed by atoms with Gasteiger partial charge in [-0.05, 0) is 36.8 Å². The first-order valence-electron chi connectivity index (χ1n) is 12.5. The highest BCUT2D eigenvalue weighted by molar-refractivity contribution is 5.75. The van der Waals surface area contributed by atoms with Crippen molar-refractivity contribution in [2.75, 3.05) is 63.4 Å². The molecule has 3 aromatic rings. The van der Waals surface area contributed by atoms with Crippen molar-refractivity contribution in [3.63, 3.8) is 0 Å². The molecule has 0 saturated carbocycles. The standard InChI is InChI=1S/C27H29F3N4O5/c1-38-19-9-17(10-20(12-19)39-2)24-21-5-6-32(7-8-35)25(21)26(37)34(31-24)23-11-18(33-13-16(14-33)15-36)3-4-22(23)27(28,29)30/h3-4,9-12,16,35-36H,5-8,13-15H2,1-2H3. The van der Waals surface area contributed by atoms with Crippen LogP contribution in [-0.4, -0.2) is 73.6 Å². The van der Waals surface area contributed by atoms with Crippen LogP contribution in [0.3, 0.4) is 0 Å². The number of fused-ring (bicyclic) bond motifs is 1. The van der Waals surface area contributed by atoms with E-state index in [1.54, 1.807) is 23.1 Å². The molecule has 5 rings (SSSR count). The highest BCUT2D eigenvalue weighted by atomic mass is 19.4. The number of methoxy groups -OCH3 is 2. The fourth-order valence-corrected chi connectivity index (χ4v) is 5.18. The SMILES string of the molecule is COc1cc(OC)cc(-c2nn(-c3cc(N4CC(CO)C4)ccc3C(F)(F)F)c(=O)c3c2CCN3CCO)c1. The second kappa shape index (κ2) is 10.4. The van der Waals surface area contributed by atoms with E-state index in [1.807, 2.05) is 4.90 Å². The highest BCUT2D eigenvalue weighted by Crippen LogP contribution is 2.39. The molecule has 0 aliphatic carbocycles. The van der Waals surface area contributed by atoms with Crippen LogP contribution in [0.15, 0.2) is 41.2 Å². The number of aliphatic hydroxyl groups is 2. The maximum Gasteiger partial charge on any atom is 0.418 e. The van der Waals surface area contributed by atoms with Crippen LogP contribution in [0.25, 0.3) is 16.9 Å². The normalized spacial score (nSPS) is 15.4. The molecule has 0 unspecified atom stereocenters. The Morgan fingerprint density at radius 2 is 1.74 bits per heavy atom. The number of halogens is 3. The van der Waals surface area contributed by atoms with Gasteiger partial charge in [0.2, 0.25) is 0 Å². The molecular formula is C27H29F3N4O5. The first-order valence-corrected chi connectivity index (χ1v) is 12.5. The number of nitrogens with zero attached hydrogens (tertiary/aromatic N) is 4. The van der Waals surface area contributed by atoms with Crippen molar-refractivity contribution in [3.05, 3.63) is 57.9 Å². The van der Waals surface area contributed by atoms with Crippen molar-refractivity contribution >= 4 is 11.4 Å². The molecule has 2 aliphatic heterocycles. The van der Waals surface area contributed by atoms with Crippen LogP contribution in [0.5, 0.6) is 11.5 Å². The zero-order valence-corrected chi connectivity index (χ0v) is 21.5. The van der Waals surface area contributed by atoms with Crippen LogP contribution < -0.4 is 24.8 Å². The Labute approximate surface area is 222 Å². The van der Waals surface area contributed by atoms with Crippen LogP contribution >= 0.6 is 0 Å². The minimum Gasteiger partial charge on any atom is -0.497 e. The van der Waals surface area contributed by atoms with Gasteiger partial charge in [-0.15, -0.1) is 0 Å². The molecule has 2 aliphatic rings. The monoisotopic (exact) mass is 546 g/mol. The third kappa shape index (κ3) is 4.89. The van der Waals surface area contributed by atoms with Gasteiger partial charge in [0.05, 0.1) is 37.8 Å². The molecule has 208 valence electrons. The number of rotatable bonds is 8. The molecular weight excluding hydrogens is 517 g/mol. The summed E-state index contributed by atoms with van der Waals surface area (Å²) in [4.78, 5) is 17.4. The molecule has 39 heavy (non-hydrogen) atoms. The van der Waals surface area contributed by atoms with Crippen molar-refractivity contribution in [2.45, 2.75) is 12.6 Å². The molecule has 1 saturated heterocycles. The van der Waals surface area contributed by atoms with Gasteiger partial charge in [-0.2, -0.15) is 23.0 Å². The van der Waals surface area contributed by atoms with Gasteiger partial charge >= 0.3 is 6.18 Å². The molecule has 12 heteroatoms. The smallest absolute Gasteiger partial charge is 0.418 e. The predicted octanol–water partition coefficient (Wildman–Crippen LogP) is 2.72. The number of hydrogen-bond donors (Lipinski definition) is 2. The Bertz CT molecular complexity index is 1410. The van der Waals surface area contributed by atoms with Crippen molar-refractivity contribution in [3.8, 4) is 28.4 Å². The molecule has 3 heterocycles. The number of alkyl halides is 3. The lowest BCUT2D eigenvalue weighted by molar-refractivity contribution is -0.137. The summed E-state index contributed by atoms with van der Waals surface area (Å²) in [5, 5.41) is 23.5. The molecule has 1 fully saturated rings. The molecule has 2 N–H and O–H groups in total. The fraction of sp³-hybridized carbons (Fsp3) is 0.407. The number of ether oxygens (including phenoxy) is 2. The van der Waals surface area contributed by atoms with Gasteiger partial charge in [0.15, 0.2) is 0 Å². The minimum atomic E-state index is -4.75. The van der Waals surface area contributed by atoms with E-state index in [0.717, 1.165) is 10.7 Å². The fourth-order valence-electron chi connectivity index (χ4n) is 5.18. The maximum atomic E-state index is 14.2. The zero-order valence-electron chi connectivity index (χ0n) is 21.5. The van der Waals surface area contributed by atoms with Crippen molar-refractivity contribution < 1.29 is 32.9 Å². The number of anilines is 2. The van der Waals surface area contributed by atoms with Crippen LogP contribution in [-0.2, 0) is 12.6 Å². The first-order chi connectivity index (χ1) is 18.7. The topological polar surface area (TPSA) is 100 Å². The van der Waals surface area contributed by atoms with Gasteiger partial charge in [-0.25, -0.2) is 0 Å². The van der Waals surface area contributed by atoms with Gasteiger partial charge < -0.3 is 29.5 Å². The summed E-state index contributed by atoms with van der Waals surface area (Å²) >= 11 is 0. The average Bonchev–Trinajstić information content (AvgIpc) is 3.31. The summed E-state index contributed by atoms with van der Waals surface area (Å²) in [6.45, 7) is 1.31. The lowest BCUT2D eigenvalue weighted by atomic mass is 9.99. The van der Waals surface area contributed by atoms with E-state index >= 15 is 0 Å². The lowest BCUT2D eigenvalue weighted by Crippen LogP contribution is -2.48. The lowest BCUT2D eigenvalue weighted by Gasteiger charge is -2.40. The number of aliphatic hydroxyl groups excluding tert-OH is 2. The van der Waals surface area contributed by atoms with Crippen molar-refractivity contribution in [1.29, 1.82) is 0 Å². The van der Waals surface area contributed by atoms with E-state index in [0.29, 0.717) is 60.1 Å². The largest absolute Gasteiger partial charge is 0.497 e. The second-order valence-electron chi connectivity index (χ2n) is 9.61. The van der Waals surface area contributed by atoms with Gasteiger partial charge in [-0.3, -0.25) is 4.79 Å². The van der Waals surface area contributed by atoms with Gasteiger partial charge in [-0.1, -0.05) is 0 Å². The van der Waals surface area contributed by atoms with Crippen LogP contribution in [0.4, 0.5) is 24.5 Å². The second-order valence-corrected chi connectivity index (χ2v) is 9.61. The first kappa shape index (κ1) is 26.8. The van der Waals surface area contributed by atoms with E-state index in [1.165, 1.54) is 26.4 Å². The third-order valence-electron chi connectivity index (χ3n) is 7.20. The molecule has 2 aromatic carbocycles. The summed E-state index contributed by atoms with van der Waals surface area (Å²) in [6.07, 6.45) is -4.32. The molecule has 1 aromatic heterocycles. The van der Waals surface area contributed by atoms with Gasteiger partial charge in [0.25, 0.3) is 5.56 Å². The average molecular weight is 547 g/mol. The van der Waals surface area contributed by atoms with E-state index in [-0.39, 0.29) is 31.4 Å². The summed E-state index contributed by atoms with van der Waals surface area (Å²) < 4.78 is 54.3. The Morgan fingerprint density at radius 1 is 1.05 bits per heavy atom. The van der Waals surface area contributed by atoms with Gasteiger partial charge in [0.1, 0.15) is 17.2 Å². The molecule has 9 nitrogen and oxygen atoms in total. The summed E-state index contributed by atoms with van der Waals surface area (Å²) in [5.74, 6) is 0.951. The molecule has 0 radical (unpaired) electrons. The Hall–Kier alpha value is -3.77. The Balaban J connectivity index is 1.76. The number of hydrogen-bond acceptors (Lipinski definition) is 8. The molecule has 0 atom stereocenters. The third-order valence-corrected chi connectivity index (χ3v) is 7.20. The summed E-state index contributed by atoms with van der Waals surface area (Å²) in [7, 11) is 2.97. The summed E-state index contributed by atoms with van der Waals surface area (Å²) in [6, 6.07) is 8.67. The number of β-amino-alcohol motifs (C(OH)–C–C–N with tert-alkyl or cyclic N) is 1. The van der Waals surface area contributed by atoms with Crippen LogP contribution in [0.2, 0.25) is 0 Å². The minimum absolute atomic E-state index is 0.0100. The summed E-state index contributed by atoms with van der Waals surface area (Å²) in [5.41, 5.74) is 0.0261. The Morgan fingerprint density at radius 3 is 2.33 bits per heavy atom. The number of benzene rings is 2. The van der Waals surface area contributed by atoms with Crippen LogP contribution in [0, 0.1) is 5.92 Å². The van der Waals surface area contributed by atoms with Crippen molar-refractivity contribution in [1.82, 2.24) is 9.78 Å². The van der Waals surface area contributed by atoms with Gasteiger partial charge in [0, 0.05) is 61.6 Å². The number of aromatic nitrogens is 2.